The van der Waals surface area contributed by atoms with Gasteiger partial charge in [-0.1, -0.05) is 156 Å². The van der Waals surface area contributed by atoms with E-state index in [1.807, 2.05) is 163 Å². The Morgan fingerprint density at radius 1 is 0.789 bits per heavy atom. The Kier molecular flexibility index (Phi) is 12.6. The maximum Gasteiger partial charge on any atom is 0.329 e. The molecule has 0 radical (unpaired) electrons. The lowest BCUT2D eigenvalue weighted by Crippen LogP contribution is -2.55. The van der Waals surface area contributed by atoms with E-state index < -0.39 is 65.4 Å². The maximum atomic E-state index is 16.9. The molecule has 0 bridgehead atoms. The summed E-state index contributed by atoms with van der Waals surface area (Å²) >= 11 is 1.26. The predicted octanol–water partition coefficient (Wildman–Crippen LogP) is 9.24. The highest BCUT2D eigenvalue weighted by atomic mass is 32.1. The van der Waals surface area contributed by atoms with Crippen LogP contribution in [0.15, 0.2) is 182 Å². The zero-order chi connectivity index (χ0) is 51.9. The number of aliphatic hydroxyl groups excluding tert-OH is 1. The molecule has 4 amide bonds. The molecule has 0 aliphatic carbocycles. The molecule has 376 valence electrons. The Morgan fingerprint density at radius 3 is 2.21 bits per heavy atom. The third-order valence-electron chi connectivity index (χ3n) is 14.5. The summed E-state index contributed by atoms with van der Waals surface area (Å²) < 4.78 is 15.0. The van der Waals surface area contributed by atoms with Crippen LogP contribution in [0.5, 0.6) is 5.75 Å². The Hall–Kier alpha value is -9.01. The minimum atomic E-state index is -2.07. The standard InChI is InChI=1S/C60H48N8O7S/c1-37(39-17-5-2-6-18-39)61-59(73)67-47-32-27-38(16-15-33-66-48-25-13-11-23-45(48)64-65-66)36-44(47)60(57(67)72)50(55(70)63-58-62-46-24-12-14-26-49(46)76-58)52-56(71)75-53(41-21-9-4-10-22-41)51(40-19-7-3-8-20-40)68(52)54(60)42-28-30-43(31-29-42)74-35-34-69/h2-14,17-32,36-37,50-54,69H,33-35H2,1H3,(H,61,73)(H,62,63,70). The molecule has 16 heteroatoms. The number of para-hydroxylation sites is 2. The van der Waals surface area contributed by atoms with Crippen molar-refractivity contribution in [3.05, 3.63) is 215 Å². The maximum absolute atomic E-state index is 16.9. The van der Waals surface area contributed by atoms with Crippen molar-refractivity contribution in [3.63, 3.8) is 0 Å². The number of esters is 1. The number of imide groups is 1. The second kappa shape index (κ2) is 20.0. The molecule has 2 fully saturated rings. The molecule has 9 aromatic rings. The van der Waals surface area contributed by atoms with E-state index in [4.69, 9.17) is 14.5 Å². The summed E-state index contributed by atoms with van der Waals surface area (Å²) in [6.07, 6.45) is -0.933. The Morgan fingerprint density at radius 2 is 1.47 bits per heavy atom. The number of ether oxygens (including phenoxy) is 2. The Balaban J connectivity index is 1.11. The molecule has 2 aromatic heterocycles. The first-order valence-corrected chi connectivity index (χ1v) is 25.7. The SMILES string of the molecule is CC(NC(=O)N1C(=O)C2(c3cc(C#CCn4nnc5ccccc54)ccc31)C(C(=O)Nc1nc3ccccc3s1)C1C(=O)OC(c3ccccc3)C(c3ccccc3)N1C2c1ccc(OCCO)cc1)c1ccccc1. The number of morpholine rings is 1. The molecule has 7 unspecified atom stereocenters. The molecular formula is C60H48N8O7S. The summed E-state index contributed by atoms with van der Waals surface area (Å²) in [5.41, 5.74) is 3.87. The zero-order valence-corrected chi connectivity index (χ0v) is 41.7. The van der Waals surface area contributed by atoms with Crippen LogP contribution in [-0.4, -0.2) is 73.1 Å². The summed E-state index contributed by atoms with van der Waals surface area (Å²) in [6.45, 7) is 1.82. The van der Waals surface area contributed by atoms with Gasteiger partial charge >= 0.3 is 12.0 Å². The highest BCUT2D eigenvalue weighted by Crippen LogP contribution is 2.66. The summed E-state index contributed by atoms with van der Waals surface area (Å²) in [6, 6.07) is 51.0. The van der Waals surface area contributed by atoms with E-state index in [1.54, 1.807) is 35.0 Å². The largest absolute Gasteiger partial charge is 0.491 e. The number of anilines is 2. The Bertz CT molecular complexity index is 3700. The summed E-state index contributed by atoms with van der Waals surface area (Å²) in [7, 11) is 0. The number of amides is 4. The molecule has 5 heterocycles. The van der Waals surface area contributed by atoms with Gasteiger partial charge in [-0.3, -0.25) is 19.3 Å². The highest BCUT2D eigenvalue weighted by Gasteiger charge is 2.75. The third-order valence-corrected chi connectivity index (χ3v) is 15.5. The second-order valence-electron chi connectivity index (χ2n) is 18.9. The molecule has 3 N–H and O–H groups in total. The smallest absolute Gasteiger partial charge is 0.329 e. The van der Waals surface area contributed by atoms with E-state index >= 15 is 19.2 Å². The van der Waals surface area contributed by atoms with Gasteiger partial charge in [-0.05, 0) is 89.3 Å². The van der Waals surface area contributed by atoms with Gasteiger partial charge in [0.15, 0.2) is 5.13 Å². The predicted molar refractivity (Wildman–Crippen MR) is 287 cm³/mol. The van der Waals surface area contributed by atoms with Crippen LogP contribution in [0.1, 0.15) is 64.5 Å². The van der Waals surface area contributed by atoms with Crippen molar-refractivity contribution in [2.24, 2.45) is 5.92 Å². The Labute approximate surface area is 440 Å². The van der Waals surface area contributed by atoms with Crippen LogP contribution in [0.4, 0.5) is 15.6 Å². The first-order chi connectivity index (χ1) is 37.2. The number of aromatic nitrogens is 4. The van der Waals surface area contributed by atoms with Crippen LogP contribution < -0.4 is 20.3 Å². The monoisotopic (exact) mass is 1020 g/mol. The number of benzene rings is 7. The van der Waals surface area contributed by atoms with Crippen LogP contribution in [0.3, 0.4) is 0 Å². The minimum absolute atomic E-state index is 0.0316. The summed E-state index contributed by atoms with van der Waals surface area (Å²) in [4.78, 5) is 71.8. The molecule has 0 saturated carbocycles. The van der Waals surface area contributed by atoms with Crippen molar-refractivity contribution in [1.29, 1.82) is 0 Å². The molecule has 3 aliphatic rings. The molecule has 2 saturated heterocycles. The van der Waals surface area contributed by atoms with Gasteiger partial charge in [0.25, 0.3) is 0 Å². The number of cyclic esters (lactones) is 1. The van der Waals surface area contributed by atoms with Crippen molar-refractivity contribution < 1.29 is 33.8 Å². The van der Waals surface area contributed by atoms with E-state index in [0.29, 0.717) is 33.5 Å². The lowest BCUT2D eigenvalue weighted by molar-refractivity contribution is -0.177. The fourth-order valence-electron chi connectivity index (χ4n) is 11.3. The highest BCUT2D eigenvalue weighted by molar-refractivity contribution is 7.22. The lowest BCUT2D eigenvalue weighted by atomic mass is 9.65. The number of aliphatic hydroxyl groups is 1. The van der Waals surface area contributed by atoms with Gasteiger partial charge in [0, 0.05) is 5.56 Å². The number of hydrogen-bond donors (Lipinski definition) is 3. The second-order valence-corrected chi connectivity index (χ2v) is 19.9. The van der Waals surface area contributed by atoms with Crippen LogP contribution in [-0.2, 0) is 31.1 Å². The number of hydrogen-bond acceptors (Lipinski definition) is 12. The molecule has 7 atom stereocenters. The van der Waals surface area contributed by atoms with E-state index in [9.17, 15) is 5.11 Å². The van der Waals surface area contributed by atoms with Crippen LogP contribution in [0.2, 0.25) is 0 Å². The van der Waals surface area contributed by atoms with Gasteiger partial charge in [-0.2, -0.15) is 0 Å². The van der Waals surface area contributed by atoms with Crippen molar-refractivity contribution in [3.8, 4) is 17.6 Å². The summed E-state index contributed by atoms with van der Waals surface area (Å²) in [5, 5.41) is 24.7. The van der Waals surface area contributed by atoms with E-state index in [0.717, 1.165) is 31.8 Å². The summed E-state index contributed by atoms with van der Waals surface area (Å²) in [5.74, 6) is 3.24. The molecular weight excluding hydrogens is 977 g/mol. The first-order valence-electron chi connectivity index (χ1n) is 24.9. The quantitative estimate of drug-likeness (QED) is 0.0830. The van der Waals surface area contributed by atoms with Gasteiger partial charge in [0.05, 0.1) is 52.1 Å². The number of thiazole rings is 1. The van der Waals surface area contributed by atoms with Gasteiger partial charge in [-0.25, -0.2) is 19.4 Å². The van der Waals surface area contributed by atoms with Gasteiger partial charge in [0.1, 0.15) is 42.0 Å². The molecule has 7 aromatic carbocycles. The molecule has 15 nitrogen and oxygen atoms in total. The van der Waals surface area contributed by atoms with Crippen molar-refractivity contribution in [1.82, 2.24) is 30.2 Å². The molecule has 3 aliphatic heterocycles. The van der Waals surface area contributed by atoms with E-state index in [-0.39, 0.29) is 30.6 Å². The lowest BCUT2D eigenvalue weighted by Gasteiger charge is -2.46. The normalized spacial score (nSPS) is 21.1. The number of urea groups is 1. The van der Waals surface area contributed by atoms with E-state index in [2.05, 4.69) is 32.8 Å². The van der Waals surface area contributed by atoms with Gasteiger partial charge < -0.3 is 25.2 Å². The number of nitrogens with one attached hydrogen (secondary N) is 2. The minimum Gasteiger partial charge on any atom is -0.491 e. The average molecular weight is 1030 g/mol. The first kappa shape index (κ1) is 48.0. The molecule has 1 spiro atoms. The van der Waals surface area contributed by atoms with Gasteiger partial charge in [0.2, 0.25) is 11.8 Å². The molecule has 76 heavy (non-hydrogen) atoms. The van der Waals surface area contributed by atoms with Crippen LogP contribution in [0, 0.1) is 17.8 Å². The number of carbonyl (C=O) groups excluding carboxylic acids is 4. The topological polar surface area (TPSA) is 181 Å². The zero-order valence-electron chi connectivity index (χ0n) is 40.9. The number of nitrogens with zero attached hydrogens (tertiary/aromatic N) is 6. The van der Waals surface area contributed by atoms with Crippen molar-refractivity contribution in [2.45, 2.75) is 49.2 Å². The fourth-order valence-corrected chi connectivity index (χ4v) is 12.2. The fraction of sp³-hybridized carbons (Fsp3) is 0.183. The number of carbonyl (C=O) groups is 4. The number of rotatable bonds is 11. The van der Waals surface area contributed by atoms with Gasteiger partial charge in [-0.15, -0.1) is 5.10 Å². The third kappa shape index (κ3) is 8.31. The average Bonchev–Trinajstić information content (AvgIpc) is 4.22. The van der Waals surface area contributed by atoms with Crippen molar-refractivity contribution in [2.75, 3.05) is 23.4 Å². The number of fused-ring (bicyclic) bond motifs is 5. The molecule has 12 rings (SSSR count). The van der Waals surface area contributed by atoms with E-state index in [1.165, 1.54) is 11.3 Å². The van der Waals surface area contributed by atoms with Crippen molar-refractivity contribution >= 4 is 67.2 Å². The van der Waals surface area contributed by atoms with Crippen LogP contribution >= 0.6 is 11.3 Å². The van der Waals surface area contributed by atoms with Crippen LogP contribution in [0.25, 0.3) is 21.3 Å².